The lowest BCUT2D eigenvalue weighted by Gasteiger charge is -2.30. The van der Waals surface area contributed by atoms with Crippen molar-refractivity contribution in [3.05, 3.63) is 64.2 Å². The summed E-state index contributed by atoms with van der Waals surface area (Å²) in [6, 6.07) is 13.7. The number of rotatable bonds is 2. The predicted octanol–water partition coefficient (Wildman–Crippen LogP) is 4.11. The fourth-order valence-electron chi connectivity index (χ4n) is 2.96. The third kappa shape index (κ3) is 2.41. The standard InChI is InChI=1S/C17H17ClO2/c1-20-14-7-9-16-12(10-14)4-8-15(17(16)19)11-2-5-13(18)6-3-11/h2-3,5-7,9-10,15,17,19H,4,8H2,1H3/t15-,17+/m0/s1. The van der Waals surface area contributed by atoms with E-state index in [1.54, 1.807) is 7.11 Å². The molecule has 1 N–H and O–H groups in total. The minimum absolute atomic E-state index is 0.133. The number of aliphatic hydroxyl groups excluding tert-OH is 1. The first-order valence-electron chi connectivity index (χ1n) is 6.79. The van der Waals surface area contributed by atoms with Crippen LogP contribution in [0.5, 0.6) is 5.75 Å². The number of hydrogen-bond donors (Lipinski definition) is 1. The van der Waals surface area contributed by atoms with Crippen molar-refractivity contribution in [2.75, 3.05) is 7.11 Å². The first kappa shape index (κ1) is 13.5. The molecular formula is C17H17ClO2. The summed E-state index contributed by atoms with van der Waals surface area (Å²) in [4.78, 5) is 0. The molecule has 0 spiro atoms. The molecule has 2 atom stereocenters. The second-order valence-corrected chi connectivity index (χ2v) is 5.64. The van der Waals surface area contributed by atoms with Crippen molar-refractivity contribution in [2.24, 2.45) is 0 Å². The molecule has 3 heteroatoms. The minimum atomic E-state index is -0.467. The lowest BCUT2D eigenvalue weighted by molar-refractivity contribution is 0.131. The van der Waals surface area contributed by atoms with E-state index in [1.165, 1.54) is 5.56 Å². The van der Waals surface area contributed by atoms with Crippen LogP contribution in [0.25, 0.3) is 0 Å². The normalized spacial score (nSPS) is 21.4. The largest absolute Gasteiger partial charge is 0.497 e. The topological polar surface area (TPSA) is 29.5 Å². The SMILES string of the molecule is COc1ccc2c(c1)CC[C@@H](c1ccc(Cl)cc1)[C@H]2O. The number of ether oxygens (including phenoxy) is 1. The smallest absolute Gasteiger partial charge is 0.119 e. The molecule has 0 unspecified atom stereocenters. The molecule has 0 aliphatic heterocycles. The van der Waals surface area contributed by atoms with Gasteiger partial charge in [0.25, 0.3) is 0 Å². The highest BCUT2D eigenvalue weighted by atomic mass is 35.5. The number of hydrogen-bond acceptors (Lipinski definition) is 2. The molecule has 1 aliphatic carbocycles. The fraction of sp³-hybridized carbons (Fsp3) is 0.294. The Morgan fingerprint density at radius 3 is 2.60 bits per heavy atom. The van der Waals surface area contributed by atoms with E-state index in [-0.39, 0.29) is 5.92 Å². The molecule has 0 saturated heterocycles. The summed E-state index contributed by atoms with van der Waals surface area (Å²) in [5, 5.41) is 11.4. The zero-order valence-electron chi connectivity index (χ0n) is 11.3. The van der Waals surface area contributed by atoms with Crippen LogP contribution in [0.2, 0.25) is 5.02 Å². The third-order valence-corrected chi connectivity index (χ3v) is 4.32. The monoisotopic (exact) mass is 288 g/mol. The molecular weight excluding hydrogens is 272 g/mol. The average Bonchev–Trinajstić information content (AvgIpc) is 2.48. The molecule has 3 rings (SSSR count). The molecule has 0 fully saturated rings. The highest BCUT2D eigenvalue weighted by Crippen LogP contribution is 2.41. The van der Waals surface area contributed by atoms with Gasteiger partial charge in [-0.15, -0.1) is 0 Å². The molecule has 1 aliphatic rings. The van der Waals surface area contributed by atoms with E-state index in [0.29, 0.717) is 0 Å². The second-order valence-electron chi connectivity index (χ2n) is 5.21. The highest BCUT2D eigenvalue weighted by molar-refractivity contribution is 6.30. The van der Waals surface area contributed by atoms with Crippen LogP contribution in [-0.4, -0.2) is 12.2 Å². The van der Waals surface area contributed by atoms with E-state index in [0.717, 1.165) is 34.7 Å². The van der Waals surface area contributed by atoms with Gasteiger partial charge in [0, 0.05) is 10.9 Å². The highest BCUT2D eigenvalue weighted by Gasteiger charge is 2.29. The van der Waals surface area contributed by atoms with E-state index in [1.807, 2.05) is 42.5 Å². The van der Waals surface area contributed by atoms with Gasteiger partial charge in [0.1, 0.15) is 5.75 Å². The zero-order valence-corrected chi connectivity index (χ0v) is 12.1. The third-order valence-electron chi connectivity index (χ3n) is 4.07. The summed E-state index contributed by atoms with van der Waals surface area (Å²) in [5.41, 5.74) is 3.34. The Labute approximate surface area is 124 Å². The number of methoxy groups -OCH3 is 1. The number of benzene rings is 2. The lowest BCUT2D eigenvalue weighted by Crippen LogP contribution is -2.19. The van der Waals surface area contributed by atoms with Crippen LogP contribution in [0.1, 0.15) is 35.1 Å². The molecule has 0 radical (unpaired) electrons. The summed E-state index contributed by atoms with van der Waals surface area (Å²) in [6.45, 7) is 0. The predicted molar refractivity (Wildman–Crippen MR) is 80.5 cm³/mol. The molecule has 104 valence electrons. The Kier molecular flexibility index (Phi) is 3.68. The Balaban J connectivity index is 1.92. The minimum Gasteiger partial charge on any atom is -0.497 e. The van der Waals surface area contributed by atoms with Crippen LogP contribution >= 0.6 is 11.6 Å². The van der Waals surface area contributed by atoms with Gasteiger partial charge in [-0.2, -0.15) is 0 Å². The van der Waals surface area contributed by atoms with Crippen molar-refractivity contribution < 1.29 is 9.84 Å². The number of fused-ring (bicyclic) bond motifs is 1. The maximum atomic E-state index is 10.6. The Morgan fingerprint density at radius 2 is 1.90 bits per heavy atom. The van der Waals surface area contributed by atoms with Crippen LogP contribution in [0, 0.1) is 0 Å². The molecule has 0 bridgehead atoms. The summed E-state index contributed by atoms with van der Waals surface area (Å²) in [5.74, 6) is 0.981. The van der Waals surface area contributed by atoms with Gasteiger partial charge in [0.05, 0.1) is 13.2 Å². The van der Waals surface area contributed by atoms with E-state index in [9.17, 15) is 5.11 Å². The van der Waals surface area contributed by atoms with E-state index < -0.39 is 6.10 Å². The average molecular weight is 289 g/mol. The molecule has 2 aromatic rings. The van der Waals surface area contributed by atoms with Gasteiger partial charge in [0.15, 0.2) is 0 Å². The Morgan fingerprint density at radius 1 is 1.15 bits per heavy atom. The van der Waals surface area contributed by atoms with Crippen molar-refractivity contribution in [3.8, 4) is 5.75 Å². The van der Waals surface area contributed by atoms with Crippen molar-refractivity contribution >= 4 is 11.6 Å². The zero-order chi connectivity index (χ0) is 14.1. The van der Waals surface area contributed by atoms with Crippen LogP contribution in [0.15, 0.2) is 42.5 Å². The second kappa shape index (κ2) is 5.47. The van der Waals surface area contributed by atoms with Crippen molar-refractivity contribution in [1.29, 1.82) is 0 Å². The van der Waals surface area contributed by atoms with Gasteiger partial charge in [-0.25, -0.2) is 0 Å². The molecule has 0 heterocycles. The summed E-state index contributed by atoms with van der Waals surface area (Å²) >= 11 is 5.93. The first-order chi connectivity index (χ1) is 9.69. The van der Waals surface area contributed by atoms with Crippen LogP contribution in [-0.2, 0) is 6.42 Å². The van der Waals surface area contributed by atoms with Gasteiger partial charge in [0.2, 0.25) is 0 Å². The lowest BCUT2D eigenvalue weighted by atomic mass is 9.78. The number of aliphatic hydroxyl groups is 1. The van der Waals surface area contributed by atoms with Crippen molar-refractivity contribution in [1.82, 2.24) is 0 Å². The molecule has 2 nitrogen and oxygen atoms in total. The summed E-state index contributed by atoms with van der Waals surface area (Å²) in [7, 11) is 1.66. The summed E-state index contributed by atoms with van der Waals surface area (Å²) < 4.78 is 5.24. The van der Waals surface area contributed by atoms with E-state index in [4.69, 9.17) is 16.3 Å². The van der Waals surface area contributed by atoms with Gasteiger partial charge < -0.3 is 9.84 Å². The maximum Gasteiger partial charge on any atom is 0.119 e. The maximum absolute atomic E-state index is 10.6. The molecule has 20 heavy (non-hydrogen) atoms. The molecule has 0 amide bonds. The van der Waals surface area contributed by atoms with Gasteiger partial charge in [-0.1, -0.05) is 29.8 Å². The number of halogens is 1. The van der Waals surface area contributed by atoms with Crippen LogP contribution in [0.4, 0.5) is 0 Å². The van der Waals surface area contributed by atoms with E-state index in [2.05, 4.69) is 0 Å². The van der Waals surface area contributed by atoms with Gasteiger partial charge >= 0.3 is 0 Å². The molecule has 0 aromatic heterocycles. The number of aryl methyl sites for hydroxylation is 1. The van der Waals surface area contributed by atoms with E-state index >= 15 is 0 Å². The van der Waals surface area contributed by atoms with Crippen molar-refractivity contribution in [2.45, 2.75) is 24.9 Å². The quantitative estimate of drug-likeness (QED) is 0.901. The fourth-order valence-corrected chi connectivity index (χ4v) is 3.08. The Bertz CT molecular complexity index is 607. The van der Waals surface area contributed by atoms with Crippen molar-refractivity contribution in [3.63, 3.8) is 0 Å². The molecule has 0 saturated carbocycles. The Hall–Kier alpha value is -1.51. The molecule has 2 aromatic carbocycles. The van der Waals surface area contributed by atoms with Gasteiger partial charge in [-0.3, -0.25) is 0 Å². The van der Waals surface area contributed by atoms with Gasteiger partial charge in [-0.05, 0) is 53.8 Å². The van der Waals surface area contributed by atoms with Crippen LogP contribution < -0.4 is 4.74 Å². The van der Waals surface area contributed by atoms with Crippen LogP contribution in [0.3, 0.4) is 0 Å². The first-order valence-corrected chi connectivity index (χ1v) is 7.17. The summed E-state index contributed by atoms with van der Waals surface area (Å²) in [6.07, 6.45) is 1.42.